The van der Waals surface area contributed by atoms with Crippen LogP contribution in [0.25, 0.3) is 11.3 Å². The molecule has 1 amide bonds. The molecular weight excluding hydrogens is 402 g/mol. The Kier molecular flexibility index (Phi) is 5.60. The number of carbonyl (C=O) groups excluding carboxylic acids is 1. The topological polar surface area (TPSA) is 54.0 Å². The number of nitrogens with zero attached hydrogens (tertiary/aromatic N) is 1. The number of anilines is 3. The second-order valence-electron chi connectivity index (χ2n) is 6.57. The van der Waals surface area contributed by atoms with E-state index >= 15 is 0 Å². The van der Waals surface area contributed by atoms with Crippen molar-refractivity contribution in [3.8, 4) is 11.3 Å². The molecule has 0 aliphatic heterocycles. The lowest BCUT2D eigenvalue weighted by atomic mass is 10.1. The summed E-state index contributed by atoms with van der Waals surface area (Å²) in [5.74, 6) is -0.134. The van der Waals surface area contributed by atoms with Gasteiger partial charge >= 0.3 is 0 Å². The molecule has 0 saturated heterocycles. The molecule has 6 heteroatoms. The summed E-state index contributed by atoms with van der Waals surface area (Å²) >= 11 is 7.44. The molecule has 0 atom stereocenters. The fraction of sp³-hybridized carbons (Fsp3) is 0.0435. The molecule has 0 aliphatic carbocycles. The van der Waals surface area contributed by atoms with Crippen LogP contribution < -0.4 is 10.6 Å². The predicted octanol–water partition coefficient (Wildman–Crippen LogP) is 6.77. The summed E-state index contributed by atoms with van der Waals surface area (Å²) in [5, 5.41) is 9.69. The summed E-state index contributed by atoms with van der Waals surface area (Å²) in [4.78, 5) is 17.1. The second kappa shape index (κ2) is 8.47. The van der Waals surface area contributed by atoms with Gasteiger partial charge in [0.2, 0.25) is 0 Å². The first kappa shape index (κ1) is 19.2. The van der Waals surface area contributed by atoms with Gasteiger partial charge in [-0.25, -0.2) is 4.98 Å². The van der Waals surface area contributed by atoms with Crippen LogP contribution in [0.3, 0.4) is 0 Å². The summed E-state index contributed by atoms with van der Waals surface area (Å²) in [5.41, 5.74) is 5.19. The van der Waals surface area contributed by atoms with Crippen molar-refractivity contribution in [3.05, 3.63) is 94.3 Å². The number of aromatic nitrogens is 1. The highest BCUT2D eigenvalue weighted by Crippen LogP contribution is 2.29. The molecule has 0 saturated carbocycles. The summed E-state index contributed by atoms with van der Waals surface area (Å²) in [6, 6.07) is 22.7. The summed E-state index contributed by atoms with van der Waals surface area (Å²) in [7, 11) is 0. The smallest absolute Gasteiger partial charge is 0.255 e. The summed E-state index contributed by atoms with van der Waals surface area (Å²) in [6.45, 7) is 2.00. The Morgan fingerprint density at radius 2 is 1.72 bits per heavy atom. The molecule has 0 bridgehead atoms. The molecule has 0 unspecified atom stereocenters. The first-order chi connectivity index (χ1) is 14.1. The Morgan fingerprint density at radius 3 is 2.48 bits per heavy atom. The number of nitrogens with one attached hydrogen (secondary N) is 2. The number of carbonyl (C=O) groups is 1. The Bertz CT molecular complexity index is 1140. The van der Waals surface area contributed by atoms with E-state index in [2.05, 4.69) is 15.6 Å². The molecule has 0 radical (unpaired) electrons. The van der Waals surface area contributed by atoms with Crippen molar-refractivity contribution in [2.45, 2.75) is 6.92 Å². The van der Waals surface area contributed by atoms with E-state index in [1.165, 1.54) is 11.3 Å². The average Bonchev–Trinajstić information content (AvgIpc) is 3.19. The molecule has 0 aliphatic rings. The number of rotatable bonds is 5. The molecule has 29 heavy (non-hydrogen) atoms. The predicted molar refractivity (Wildman–Crippen MR) is 121 cm³/mol. The maximum atomic E-state index is 12.5. The zero-order valence-electron chi connectivity index (χ0n) is 15.6. The van der Waals surface area contributed by atoms with Gasteiger partial charge in [0.25, 0.3) is 5.91 Å². The lowest BCUT2D eigenvalue weighted by Crippen LogP contribution is -2.11. The van der Waals surface area contributed by atoms with Crippen molar-refractivity contribution in [2.75, 3.05) is 10.6 Å². The van der Waals surface area contributed by atoms with Gasteiger partial charge in [-0.05, 0) is 55.5 Å². The lowest BCUT2D eigenvalue weighted by Gasteiger charge is -2.07. The molecular formula is C23H18ClN3OS. The minimum Gasteiger partial charge on any atom is -0.332 e. The molecule has 0 fully saturated rings. The Balaban J connectivity index is 1.48. The molecule has 3 aromatic carbocycles. The van der Waals surface area contributed by atoms with E-state index in [4.69, 9.17) is 11.6 Å². The van der Waals surface area contributed by atoms with Crippen molar-refractivity contribution in [1.82, 2.24) is 4.98 Å². The van der Waals surface area contributed by atoms with Gasteiger partial charge in [-0.15, -0.1) is 11.3 Å². The normalized spacial score (nSPS) is 10.6. The van der Waals surface area contributed by atoms with E-state index in [-0.39, 0.29) is 5.91 Å². The Labute approximate surface area is 178 Å². The van der Waals surface area contributed by atoms with Crippen LogP contribution in [0.4, 0.5) is 16.5 Å². The van der Waals surface area contributed by atoms with E-state index in [1.54, 1.807) is 0 Å². The van der Waals surface area contributed by atoms with Gasteiger partial charge < -0.3 is 10.6 Å². The number of hydrogen-bond acceptors (Lipinski definition) is 4. The molecule has 4 aromatic rings. The number of thiazole rings is 1. The Morgan fingerprint density at radius 1 is 0.966 bits per heavy atom. The van der Waals surface area contributed by atoms with Gasteiger partial charge in [0.1, 0.15) is 0 Å². The maximum Gasteiger partial charge on any atom is 0.255 e. The number of halogens is 1. The molecule has 2 N–H and O–H groups in total. The first-order valence-corrected chi connectivity index (χ1v) is 10.3. The third-order valence-corrected chi connectivity index (χ3v) is 5.34. The van der Waals surface area contributed by atoms with Crippen LogP contribution in [0, 0.1) is 6.92 Å². The van der Waals surface area contributed by atoms with Gasteiger partial charge in [0.15, 0.2) is 5.13 Å². The third-order valence-electron chi connectivity index (χ3n) is 4.33. The molecule has 1 heterocycles. The second-order valence-corrected chi connectivity index (χ2v) is 7.87. The fourth-order valence-electron chi connectivity index (χ4n) is 2.78. The zero-order valence-corrected chi connectivity index (χ0v) is 17.2. The van der Waals surface area contributed by atoms with Crippen LogP contribution in [0.2, 0.25) is 5.02 Å². The lowest BCUT2D eigenvalue weighted by molar-refractivity contribution is 0.102. The quantitative estimate of drug-likeness (QED) is 0.375. The largest absolute Gasteiger partial charge is 0.332 e. The van der Waals surface area contributed by atoms with E-state index in [0.717, 1.165) is 33.3 Å². The van der Waals surface area contributed by atoms with Gasteiger partial charge in [-0.2, -0.15) is 0 Å². The van der Waals surface area contributed by atoms with E-state index < -0.39 is 0 Å². The van der Waals surface area contributed by atoms with Crippen LogP contribution in [0.15, 0.2) is 78.2 Å². The van der Waals surface area contributed by atoms with Crippen LogP contribution in [0.5, 0.6) is 0 Å². The van der Waals surface area contributed by atoms with Crippen LogP contribution >= 0.6 is 22.9 Å². The van der Waals surface area contributed by atoms with Crippen LogP contribution in [0.1, 0.15) is 15.9 Å². The molecule has 4 nitrogen and oxygen atoms in total. The number of amides is 1. The minimum atomic E-state index is -0.134. The first-order valence-electron chi connectivity index (χ1n) is 9.03. The SMILES string of the molecule is Cc1ccc(C(=O)Nc2cccc(-c3csc(Nc4ccc(Cl)cc4)n3)c2)cc1. The maximum absolute atomic E-state index is 12.5. The number of aryl methyl sites for hydroxylation is 1. The fourth-order valence-corrected chi connectivity index (χ4v) is 3.65. The highest BCUT2D eigenvalue weighted by atomic mass is 35.5. The van der Waals surface area contributed by atoms with Gasteiger partial charge in [-0.3, -0.25) is 4.79 Å². The highest BCUT2D eigenvalue weighted by Gasteiger charge is 2.09. The van der Waals surface area contributed by atoms with E-state index in [1.807, 2.05) is 85.1 Å². The number of hydrogen-bond donors (Lipinski definition) is 2. The van der Waals surface area contributed by atoms with Crippen LogP contribution in [-0.2, 0) is 0 Å². The summed E-state index contributed by atoms with van der Waals surface area (Å²) < 4.78 is 0. The molecule has 144 valence electrons. The van der Waals surface area contributed by atoms with Crippen molar-refractivity contribution in [3.63, 3.8) is 0 Å². The molecule has 4 rings (SSSR count). The monoisotopic (exact) mass is 419 g/mol. The van der Waals surface area contributed by atoms with E-state index in [0.29, 0.717) is 10.6 Å². The third kappa shape index (κ3) is 4.83. The van der Waals surface area contributed by atoms with Crippen molar-refractivity contribution < 1.29 is 4.79 Å². The van der Waals surface area contributed by atoms with Gasteiger partial charge in [-0.1, -0.05) is 41.4 Å². The summed E-state index contributed by atoms with van der Waals surface area (Å²) in [6.07, 6.45) is 0. The average molecular weight is 420 g/mol. The standard InChI is InChI=1S/C23H18ClN3OS/c1-15-5-7-16(8-6-15)22(28)25-20-4-2-3-17(13-20)21-14-29-23(27-21)26-19-11-9-18(24)10-12-19/h2-14H,1H3,(H,25,28)(H,26,27). The van der Waals surface area contributed by atoms with Crippen molar-refractivity contribution >= 4 is 45.4 Å². The number of benzene rings is 3. The molecule has 1 aromatic heterocycles. The minimum absolute atomic E-state index is 0.134. The van der Waals surface area contributed by atoms with Gasteiger partial charge in [0, 0.05) is 32.9 Å². The van der Waals surface area contributed by atoms with Gasteiger partial charge in [0.05, 0.1) is 5.69 Å². The highest BCUT2D eigenvalue weighted by molar-refractivity contribution is 7.14. The molecule has 0 spiro atoms. The zero-order chi connectivity index (χ0) is 20.2. The van der Waals surface area contributed by atoms with E-state index in [9.17, 15) is 4.79 Å². The van der Waals surface area contributed by atoms with Crippen molar-refractivity contribution in [2.24, 2.45) is 0 Å². The Hall–Kier alpha value is -3.15. The van der Waals surface area contributed by atoms with Crippen LogP contribution in [-0.4, -0.2) is 10.9 Å². The van der Waals surface area contributed by atoms with Crippen molar-refractivity contribution in [1.29, 1.82) is 0 Å².